The predicted molar refractivity (Wildman–Crippen MR) is 126 cm³/mol. The van der Waals surface area contributed by atoms with E-state index in [1.165, 1.54) is 5.56 Å². The van der Waals surface area contributed by atoms with Crippen molar-refractivity contribution in [2.24, 2.45) is 4.99 Å². The molecule has 1 aliphatic rings. The number of benzene rings is 1. The van der Waals surface area contributed by atoms with Crippen molar-refractivity contribution in [2.45, 2.75) is 6.54 Å². The maximum absolute atomic E-state index is 5.92. The molecular formula is C19H27ClIN7. The van der Waals surface area contributed by atoms with Crippen LogP contribution in [-0.4, -0.2) is 67.1 Å². The van der Waals surface area contributed by atoms with Gasteiger partial charge < -0.3 is 15.5 Å². The molecule has 2 heterocycles. The zero-order valence-corrected chi connectivity index (χ0v) is 19.1. The second-order valence-electron chi connectivity index (χ2n) is 6.36. The van der Waals surface area contributed by atoms with Crippen LogP contribution in [0.15, 0.2) is 47.7 Å². The molecule has 0 saturated carbocycles. The minimum absolute atomic E-state index is 0. The summed E-state index contributed by atoms with van der Waals surface area (Å²) in [5.74, 6) is 1.63. The van der Waals surface area contributed by atoms with Crippen LogP contribution >= 0.6 is 35.6 Å². The fourth-order valence-corrected chi connectivity index (χ4v) is 3.09. The molecule has 152 valence electrons. The molecule has 9 heteroatoms. The van der Waals surface area contributed by atoms with Crippen molar-refractivity contribution >= 4 is 47.5 Å². The van der Waals surface area contributed by atoms with Crippen molar-refractivity contribution in [1.82, 2.24) is 25.5 Å². The summed E-state index contributed by atoms with van der Waals surface area (Å²) in [6, 6.07) is 9.67. The molecule has 1 saturated heterocycles. The first-order valence-electron chi connectivity index (χ1n) is 9.18. The summed E-state index contributed by atoms with van der Waals surface area (Å²) >= 11 is 5.92. The van der Waals surface area contributed by atoms with E-state index < -0.39 is 0 Å². The lowest BCUT2D eigenvalue weighted by Crippen LogP contribution is -2.49. The number of hydrogen-bond donors (Lipinski definition) is 2. The summed E-state index contributed by atoms with van der Waals surface area (Å²) in [5, 5.41) is 7.45. The number of piperazine rings is 1. The highest BCUT2D eigenvalue weighted by Crippen LogP contribution is 2.10. The lowest BCUT2D eigenvalue weighted by Gasteiger charge is -2.34. The van der Waals surface area contributed by atoms with Crippen LogP contribution in [0.5, 0.6) is 0 Å². The van der Waals surface area contributed by atoms with Crippen LogP contribution in [0.25, 0.3) is 0 Å². The summed E-state index contributed by atoms with van der Waals surface area (Å²) in [5.41, 5.74) is 1.17. The molecule has 1 aromatic heterocycles. The average Bonchev–Trinajstić information content (AvgIpc) is 2.73. The van der Waals surface area contributed by atoms with Crippen LogP contribution in [0.2, 0.25) is 5.02 Å². The van der Waals surface area contributed by atoms with E-state index in [0.717, 1.165) is 56.2 Å². The second kappa shape index (κ2) is 12.0. The van der Waals surface area contributed by atoms with Crippen LogP contribution in [0.3, 0.4) is 0 Å². The Morgan fingerprint density at radius 2 is 1.75 bits per heavy atom. The quantitative estimate of drug-likeness (QED) is 0.349. The Labute approximate surface area is 188 Å². The summed E-state index contributed by atoms with van der Waals surface area (Å²) < 4.78 is 0. The number of guanidine groups is 1. The zero-order valence-electron chi connectivity index (χ0n) is 16.0. The van der Waals surface area contributed by atoms with E-state index >= 15 is 0 Å². The Kier molecular flexibility index (Phi) is 9.72. The van der Waals surface area contributed by atoms with E-state index in [0.29, 0.717) is 6.54 Å². The van der Waals surface area contributed by atoms with Crippen molar-refractivity contribution in [3.63, 3.8) is 0 Å². The third kappa shape index (κ3) is 7.06. The Bertz CT molecular complexity index is 719. The highest BCUT2D eigenvalue weighted by Gasteiger charge is 2.18. The Balaban J connectivity index is 0.00000280. The van der Waals surface area contributed by atoms with Gasteiger partial charge in [0.25, 0.3) is 0 Å². The first kappa shape index (κ1) is 22.6. The summed E-state index contributed by atoms with van der Waals surface area (Å²) in [4.78, 5) is 17.6. The fraction of sp³-hybridized carbons (Fsp3) is 0.421. The van der Waals surface area contributed by atoms with Gasteiger partial charge in [-0.3, -0.25) is 9.89 Å². The minimum atomic E-state index is 0. The number of halogens is 2. The maximum atomic E-state index is 5.92. The first-order valence-corrected chi connectivity index (χ1v) is 9.55. The molecule has 2 aromatic rings. The number of aromatic nitrogens is 2. The lowest BCUT2D eigenvalue weighted by atomic mass is 10.2. The van der Waals surface area contributed by atoms with Crippen molar-refractivity contribution < 1.29 is 0 Å². The number of rotatable bonds is 6. The second-order valence-corrected chi connectivity index (χ2v) is 6.79. The number of nitrogens with one attached hydrogen (secondary N) is 2. The van der Waals surface area contributed by atoms with Crippen LogP contribution in [-0.2, 0) is 6.54 Å². The van der Waals surface area contributed by atoms with Gasteiger partial charge in [-0.25, -0.2) is 9.97 Å². The van der Waals surface area contributed by atoms with Gasteiger partial charge in [0.2, 0.25) is 5.95 Å². The first-order chi connectivity index (χ1) is 13.2. The van der Waals surface area contributed by atoms with Gasteiger partial charge in [0.05, 0.1) is 0 Å². The van der Waals surface area contributed by atoms with Crippen LogP contribution in [0.4, 0.5) is 5.95 Å². The van der Waals surface area contributed by atoms with Gasteiger partial charge in [0.1, 0.15) is 0 Å². The highest BCUT2D eigenvalue weighted by atomic mass is 127. The van der Waals surface area contributed by atoms with Gasteiger partial charge in [0.15, 0.2) is 5.96 Å². The van der Waals surface area contributed by atoms with Crippen LogP contribution in [0.1, 0.15) is 5.56 Å². The molecule has 0 atom stereocenters. The standard InChI is InChI=1S/C19H26ClN7.HI/c1-21-18(25-15-16-3-5-17(20)6-4-16)22-9-10-26-11-13-27(14-12-26)19-23-7-2-8-24-19;/h2-8H,9-15H2,1H3,(H2,21,22,25);1H. The third-order valence-corrected chi connectivity index (χ3v) is 4.78. The van der Waals surface area contributed by atoms with Crippen LogP contribution < -0.4 is 15.5 Å². The van der Waals surface area contributed by atoms with Gasteiger partial charge in [-0.1, -0.05) is 23.7 Å². The van der Waals surface area contributed by atoms with E-state index in [-0.39, 0.29) is 24.0 Å². The highest BCUT2D eigenvalue weighted by molar-refractivity contribution is 14.0. The summed E-state index contributed by atoms with van der Waals surface area (Å²) in [6.45, 7) is 6.47. The van der Waals surface area contributed by atoms with Gasteiger partial charge in [-0.2, -0.15) is 0 Å². The molecule has 1 aromatic carbocycles. The van der Waals surface area contributed by atoms with Crippen molar-refractivity contribution in [1.29, 1.82) is 0 Å². The normalized spacial score (nSPS) is 15.1. The molecule has 3 rings (SSSR count). The SMILES string of the molecule is CN=C(NCCN1CCN(c2ncccn2)CC1)NCc1ccc(Cl)cc1.I. The Hall–Kier alpha value is -1.65. The predicted octanol–water partition coefficient (Wildman–Crippen LogP) is 2.24. The number of aliphatic imine (C=N–C) groups is 1. The van der Waals surface area contributed by atoms with Crippen molar-refractivity contribution in [3.8, 4) is 0 Å². The molecule has 1 aliphatic heterocycles. The monoisotopic (exact) mass is 515 g/mol. The van der Waals surface area contributed by atoms with Gasteiger partial charge >= 0.3 is 0 Å². The van der Waals surface area contributed by atoms with Crippen molar-refractivity contribution in [2.75, 3.05) is 51.2 Å². The number of anilines is 1. The van der Waals surface area contributed by atoms with Crippen LogP contribution in [0, 0.1) is 0 Å². The zero-order chi connectivity index (χ0) is 18.9. The van der Waals surface area contributed by atoms with E-state index in [1.54, 1.807) is 19.4 Å². The van der Waals surface area contributed by atoms with Gasteiger partial charge in [-0.15, -0.1) is 24.0 Å². The molecule has 0 radical (unpaired) electrons. The smallest absolute Gasteiger partial charge is 0.225 e. The molecule has 0 aliphatic carbocycles. The summed E-state index contributed by atoms with van der Waals surface area (Å²) in [6.07, 6.45) is 3.59. The molecular weight excluding hydrogens is 489 g/mol. The van der Waals surface area contributed by atoms with Gasteiger partial charge in [-0.05, 0) is 23.8 Å². The molecule has 0 amide bonds. The largest absolute Gasteiger partial charge is 0.355 e. The molecule has 28 heavy (non-hydrogen) atoms. The molecule has 7 nitrogen and oxygen atoms in total. The number of nitrogens with zero attached hydrogens (tertiary/aromatic N) is 5. The van der Waals surface area contributed by atoms with Gasteiger partial charge in [0, 0.05) is 70.3 Å². The molecule has 2 N–H and O–H groups in total. The third-order valence-electron chi connectivity index (χ3n) is 4.52. The molecule has 1 fully saturated rings. The Morgan fingerprint density at radius 1 is 1.07 bits per heavy atom. The Morgan fingerprint density at radius 3 is 2.39 bits per heavy atom. The van der Waals surface area contributed by atoms with E-state index in [9.17, 15) is 0 Å². The molecule has 0 unspecified atom stereocenters. The maximum Gasteiger partial charge on any atom is 0.225 e. The van der Waals surface area contributed by atoms with E-state index in [2.05, 4.69) is 35.4 Å². The lowest BCUT2D eigenvalue weighted by molar-refractivity contribution is 0.260. The topological polar surface area (TPSA) is 68.7 Å². The van der Waals surface area contributed by atoms with E-state index in [1.807, 2.05) is 30.3 Å². The summed E-state index contributed by atoms with van der Waals surface area (Å²) in [7, 11) is 1.79. The average molecular weight is 516 g/mol. The van der Waals surface area contributed by atoms with Crippen molar-refractivity contribution in [3.05, 3.63) is 53.3 Å². The van der Waals surface area contributed by atoms with E-state index in [4.69, 9.17) is 11.6 Å². The molecule has 0 spiro atoms. The number of hydrogen-bond acceptors (Lipinski definition) is 5. The minimum Gasteiger partial charge on any atom is -0.355 e. The molecule has 0 bridgehead atoms. The fourth-order valence-electron chi connectivity index (χ4n) is 2.97.